The Hall–Kier alpha value is -5.13. The number of nitrogens with zero attached hydrogens (tertiary/aromatic N) is 4. The Morgan fingerprint density at radius 1 is 1.04 bits per heavy atom. The zero-order chi connectivity index (χ0) is 32.5. The summed E-state index contributed by atoms with van der Waals surface area (Å²) in [7, 11) is 3.95. The SMILES string of the molecule is CN(C)CCOc1ccc2[nH]c(C(=O)N3CC(CCl)c4c3cc(N(Cc3ccc([N+](=O)[O-])cc3)C(=O)[O-])c3ccccc43)cc2c1. The molecule has 1 aliphatic rings. The number of aromatic amines is 1. The molecule has 46 heavy (non-hydrogen) atoms. The molecule has 0 bridgehead atoms. The summed E-state index contributed by atoms with van der Waals surface area (Å²) in [5.74, 6) is 0.490. The summed E-state index contributed by atoms with van der Waals surface area (Å²) in [5.41, 5.74) is 3.35. The van der Waals surface area contributed by atoms with Gasteiger partial charge in [-0.3, -0.25) is 14.9 Å². The second-order valence-electron chi connectivity index (χ2n) is 11.5. The van der Waals surface area contributed by atoms with E-state index in [0.717, 1.165) is 33.3 Å². The number of rotatable bonds is 10. The fourth-order valence-corrected chi connectivity index (χ4v) is 6.18. The number of fused-ring (bicyclic) bond motifs is 4. The van der Waals surface area contributed by atoms with Crippen molar-refractivity contribution in [1.29, 1.82) is 0 Å². The predicted octanol–water partition coefficient (Wildman–Crippen LogP) is 5.50. The highest BCUT2D eigenvalue weighted by Gasteiger charge is 2.36. The van der Waals surface area contributed by atoms with Crippen LogP contribution in [0.3, 0.4) is 0 Å². The van der Waals surface area contributed by atoms with Crippen LogP contribution in [0.25, 0.3) is 21.7 Å². The van der Waals surface area contributed by atoms with Crippen LogP contribution in [0, 0.1) is 10.1 Å². The minimum Gasteiger partial charge on any atom is -0.530 e. The Labute approximate surface area is 269 Å². The first-order chi connectivity index (χ1) is 22.1. The van der Waals surface area contributed by atoms with E-state index in [1.54, 1.807) is 17.0 Å². The molecule has 12 heteroatoms. The second-order valence-corrected chi connectivity index (χ2v) is 11.8. The number of halogens is 1. The van der Waals surface area contributed by atoms with E-state index in [2.05, 4.69) is 4.98 Å². The van der Waals surface area contributed by atoms with Crippen LogP contribution >= 0.6 is 11.6 Å². The lowest BCUT2D eigenvalue weighted by Gasteiger charge is -2.28. The maximum Gasteiger partial charge on any atom is 0.274 e. The highest BCUT2D eigenvalue weighted by atomic mass is 35.5. The number of ether oxygens (including phenoxy) is 1. The normalized spacial score (nSPS) is 14.2. The number of amides is 2. The third-order valence-corrected chi connectivity index (χ3v) is 8.58. The number of H-pyrrole nitrogens is 1. The lowest BCUT2D eigenvalue weighted by molar-refractivity contribution is -0.384. The van der Waals surface area contributed by atoms with Crippen LogP contribution in [-0.4, -0.2) is 66.5 Å². The number of aromatic nitrogens is 1. The quantitative estimate of drug-likeness (QED) is 0.121. The van der Waals surface area contributed by atoms with Crippen LogP contribution in [0.2, 0.25) is 0 Å². The highest BCUT2D eigenvalue weighted by molar-refractivity contribution is 6.20. The average molecular weight is 641 g/mol. The molecule has 236 valence electrons. The molecule has 0 radical (unpaired) electrons. The minimum absolute atomic E-state index is 0.0990. The predicted molar refractivity (Wildman–Crippen MR) is 176 cm³/mol. The standard InChI is InChI=1S/C34H32ClN5O6/c1-37(2)13-14-46-25-11-12-28-22(15-25)16-29(36-28)33(41)38-20-23(18-35)32-27-6-4-3-5-26(27)30(17-31(32)38)39(34(42)43)19-21-7-9-24(10-8-21)40(44)45/h3-12,15-17,23,36H,13-14,18-20H2,1-2H3,(H,42,43)/p-1. The number of nitro groups is 1. The van der Waals surface area contributed by atoms with Gasteiger partial charge in [-0.2, -0.15) is 0 Å². The van der Waals surface area contributed by atoms with Crippen LogP contribution in [0.5, 0.6) is 5.75 Å². The van der Waals surface area contributed by atoms with Crippen molar-refractivity contribution in [2.45, 2.75) is 12.5 Å². The van der Waals surface area contributed by atoms with Gasteiger partial charge in [0.1, 0.15) is 24.1 Å². The minimum atomic E-state index is -1.45. The number of alkyl halides is 1. The van der Waals surface area contributed by atoms with Crippen molar-refractivity contribution < 1.29 is 24.4 Å². The molecule has 1 atom stereocenters. The van der Waals surface area contributed by atoms with Crippen LogP contribution in [0.4, 0.5) is 21.9 Å². The monoisotopic (exact) mass is 640 g/mol. The molecule has 6 rings (SSSR count). The molecule has 2 heterocycles. The first-order valence-electron chi connectivity index (χ1n) is 14.7. The summed E-state index contributed by atoms with van der Waals surface area (Å²) in [6.45, 7) is 1.50. The lowest BCUT2D eigenvalue weighted by atomic mass is 9.94. The average Bonchev–Trinajstić information content (AvgIpc) is 3.64. The van der Waals surface area contributed by atoms with Gasteiger partial charge in [-0.05, 0) is 60.9 Å². The van der Waals surface area contributed by atoms with Crippen molar-refractivity contribution in [2.75, 3.05) is 49.5 Å². The van der Waals surface area contributed by atoms with Gasteiger partial charge in [-0.25, -0.2) is 0 Å². The number of nitro benzene ring substituents is 1. The second kappa shape index (κ2) is 12.7. The molecule has 0 aliphatic carbocycles. The number of benzene rings is 4. The fraction of sp³-hybridized carbons (Fsp3) is 0.235. The van der Waals surface area contributed by atoms with Crippen molar-refractivity contribution in [3.8, 4) is 5.75 Å². The number of non-ortho nitro benzene ring substituents is 1. The van der Waals surface area contributed by atoms with Gasteiger partial charge in [0.15, 0.2) is 0 Å². The molecule has 0 spiro atoms. The molecule has 4 aromatic carbocycles. The number of carbonyl (C=O) groups excluding carboxylic acids is 2. The molecule has 11 nitrogen and oxygen atoms in total. The van der Waals surface area contributed by atoms with Crippen molar-refractivity contribution in [2.24, 2.45) is 0 Å². The topological polar surface area (TPSA) is 135 Å². The third kappa shape index (κ3) is 5.94. The molecule has 0 saturated heterocycles. The van der Waals surface area contributed by atoms with Gasteiger partial charge in [0.2, 0.25) is 0 Å². The Morgan fingerprint density at radius 2 is 1.78 bits per heavy atom. The van der Waals surface area contributed by atoms with Gasteiger partial charge in [0.05, 0.1) is 16.3 Å². The van der Waals surface area contributed by atoms with Crippen LogP contribution < -0.4 is 19.6 Å². The smallest absolute Gasteiger partial charge is 0.274 e. The molecule has 1 unspecified atom stereocenters. The summed E-state index contributed by atoms with van der Waals surface area (Å²) < 4.78 is 5.87. The Kier molecular flexibility index (Phi) is 8.53. The largest absolute Gasteiger partial charge is 0.530 e. The van der Waals surface area contributed by atoms with Crippen molar-refractivity contribution in [3.05, 3.63) is 106 Å². The van der Waals surface area contributed by atoms with E-state index < -0.39 is 11.0 Å². The van der Waals surface area contributed by atoms with Crippen molar-refractivity contribution in [1.82, 2.24) is 9.88 Å². The van der Waals surface area contributed by atoms with E-state index >= 15 is 0 Å². The van der Waals surface area contributed by atoms with Crippen molar-refractivity contribution >= 4 is 62.3 Å². The Bertz CT molecular complexity index is 1960. The molecular formula is C34H31ClN5O6-. The van der Waals surface area contributed by atoms with Crippen LogP contribution in [0.1, 0.15) is 27.5 Å². The van der Waals surface area contributed by atoms with Gasteiger partial charge in [-0.1, -0.05) is 36.4 Å². The number of carbonyl (C=O) groups is 2. The number of hydrogen-bond acceptors (Lipinski definition) is 7. The van der Waals surface area contributed by atoms with Gasteiger partial charge in [0, 0.05) is 59.9 Å². The lowest BCUT2D eigenvalue weighted by Crippen LogP contribution is -2.41. The molecule has 1 N–H and O–H groups in total. The van der Waals surface area contributed by atoms with Gasteiger partial charge in [0.25, 0.3) is 11.6 Å². The first kappa shape index (κ1) is 30.9. The van der Waals surface area contributed by atoms with Gasteiger partial charge < -0.3 is 34.3 Å². The molecular weight excluding hydrogens is 610 g/mol. The van der Waals surface area contributed by atoms with E-state index in [0.29, 0.717) is 46.9 Å². The van der Waals surface area contributed by atoms with E-state index in [1.807, 2.05) is 61.5 Å². The molecule has 0 saturated carbocycles. The van der Waals surface area contributed by atoms with Crippen LogP contribution in [0.15, 0.2) is 78.9 Å². The maximum absolute atomic E-state index is 14.1. The molecule has 1 aromatic heterocycles. The van der Waals surface area contributed by atoms with Gasteiger partial charge in [-0.15, -0.1) is 11.6 Å². The summed E-state index contributed by atoms with van der Waals surface area (Å²) in [6.07, 6.45) is -1.45. The fourth-order valence-electron chi connectivity index (χ4n) is 5.93. The first-order valence-corrected chi connectivity index (χ1v) is 15.2. The Balaban J connectivity index is 1.39. The molecule has 0 fully saturated rings. The molecule has 1 aliphatic heterocycles. The zero-order valence-corrected chi connectivity index (χ0v) is 26.0. The number of likely N-dealkylation sites (N-methyl/N-ethyl adjacent to an activating group) is 1. The number of carboxylic acid groups (broad SMARTS) is 1. The molecule has 5 aromatic rings. The van der Waals surface area contributed by atoms with E-state index in [1.165, 1.54) is 24.3 Å². The number of anilines is 2. The van der Waals surface area contributed by atoms with E-state index in [9.17, 15) is 24.8 Å². The zero-order valence-electron chi connectivity index (χ0n) is 25.2. The van der Waals surface area contributed by atoms with Crippen LogP contribution in [-0.2, 0) is 6.54 Å². The summed E-state index contributed by atoms with van der Waals surface area (Å²) in [5, 5.41) is 26.0. The van der Waals surface area contributed by atoms with E-state index in [4.69, 9.17) is 16.3 Å². The third-order valence-electron chi connectivity index (χ3n) is 8.20. The highest BCUT2D eigenvalue weighted by Crippen LogP contribution is 2.46. The number of hydrogen-bond donors (Lipinski definition) is 1. The van der Waals surface area contributed by atoms with E-state index in [-0.39, 0.29) is 29.9 Å². The summed E-state index contributed by atoms with van der Waals surface area (Å²) in [4.78, 5) is 45.3. The summed E-state index contributed by atoms with van der Waals surface area (Å²) >= 11 is 6.46. The summed E-state index contributed by atoms with van der Waals surface area (Å²) in [6, 6.07) is 22.2. The van der Waals surface area contributed by atoms with Crippen molar-refractivity contribution in [3.63, 3.8) is 0 Å². The maximum atomic E-state index is 14.1. The Morgan fingerprint density at radius 3 is 2.46 bits per heavy atom. The van der Waals surface area contributed by atoms with Gasteiger partial charge >= 0.3 is 0 Å². The molecule has 2 amide bonds. The number of nitrogens with one attached hydrogen (secondary N) is 1.